The molecule has 0 unspecified atom stereocenters. The number of pyridine rings is 1. The minimum absolute atomic E-state index is 0.0780. The van der Waals surface area contributed by atoms with Crippen molar-refractivity contribution in [1.82, 2.24) is 19.9 Å². The van der Waals surface area contributed by atoms with Crippen LogP contribution in [0.1, 0.15) is 5.82 Å². The molecule has 0 atom stereocenters. The van der Waals surface area contributed by atoms with Gasteiger partial charge in [-0.3, -0.25) is 4.79 Å². The fourth-order valence-corrected chi connectivity index (χ4v) is 1.84. The largest absolute Gasteiger partial charge is 0.358 e. The molecule has 0 saturated carbocycles. The van der Waals surface area contributed by atoms with E-state index in [1.807, 2.05) is 12.1 Å². The van der Waals surface area contributed by atoms with E-state index in [2.05, 4.69) is 15.3 Å². The molecule has 0 saturated heterocycles. The summed E-state index contributed by atoms with van der Waals surface area (Å²) in [5.41, 5.74) is 1.51. The van der Waals surface area contributed by atoms with Gasteiger partial charge in [0.05, 0.1) is 0 Å². The Kier molecular flexibility index (Phi) is 3.58. The third-order valence-corrected chi connectivity index (χ3v) is 2.67. The van der Waals surface area contributed by atoms with Gasteiger partial charge in [0.25, 0.3) is 0 Å². The zero-order valence-electron chi connectivity index (χ0n) is 9.48. The summed E-state index contributed by atoms with van der Waals surface area (Å²) in [6.45, 7) is 0.218. The monoisotopic (exact) mass is 252 g/mol. The van der Waals surface area contributed by atoms with Gasteiger partial charge < -0.3 is 9.88 Å². The Labute approximate surface area is 104 Å². The highest BCUT2D eigenvalue weighted by Crippen LogP contribution is 2.14. The molecule has 6 heteroatoms. The minimum Gasteiger partial charge on any atom is -0.358 e. The summed E-state index contributed by atoms with van der Waals surface area (Å²) >= 11 is 5.73. The molecule has 2 aromatic heterocycles. The van der Waals surface area contributed by atoms with E-state index in [-0.39, 0.29) is 12.5 Å². The molecule has 1 N–H and O–H groups in total. The first kappa shape index (κ1) is 11.9. The van der Waals surface area contributed by atoms with E-state index in [1.165, 1.54) is 0 Å². The standard InChI is InChI=1S/C11H13ClN4O/c1-13-10(17)7-16-9(4-5-12)15-8-3-2-6-14-11(8)16/h2-3,6H,4-5,7H2,1H3,(H,13,17). The number of aryl methyl sites for hydroxylation is 1. The molecular formula is C11H13ClN4O. The van der Waals surface area contributed by atoms with Crippen molar-refractivity contribution in [2.45, 2.75) is 13.0 Å². The van der Waals surface area contributed by atoms with Crippen molar-refractivity contribution in [3.63, 3.8) is 0 Å². The third-order valence-electron chi connectivity index (χ3n) is 2.48. The van der Waals surface area contributed by atoms with Gasteiger partial charge in [-0.15, -0.1) is 11.6 Å². The van der Waals surface area contributed by atoms with Crippen LogP contribution in [0.15, 0.2) is 18.3 Å². The Bertz CT molecular complexity index is 537. The highest BCUT2D eigenvalue weighted by Gasteiger charge is 2.13. The second-order valence-electron chi connectivity index (χ2n) is 3.57. The second-order valence-corrected chi connectivity index (χ2v) is 3.95. The minimum atomic E-state index is -0.0780. The SMILES string of the molecule is CNC(=O)Cn1c(CCCl)nc2cccnc21. The van der Waals surface area contributed by atoms with Crippen LogP contribution in [0.25, 0.3) is 11.2 Å². The number of likely N-dealkylation sites (N-methyl/N-ethyl adjacent to an activating group) is 1. The number of nitrogens with one attached hydrogen (secondary N) is 1. The first-order valence-electron chi connectivity index (χ1n) is 5.33. The Hall–Kier alpha value is -1.62. The van der Waals surface area contributed by atoms with Crippen LogP contribution in [0.3, 0.4) is 0 Å². The van der Waals surface area contributed by atoms with Gasteiger partial charge in [-0.05, 0) is 12.1 Å². The maximum atomic E-state index is 11.5. The molecule has 0 aromatic carbocycles. The van der Waals surface area contributed by atoms with Crippen molar-refractivity contribution >= 4 is 28.7 Å². The summed E-state index contributed by atoms with van der Waals surface area (Å²) in [7, 11) is 1.61. The molecule has 0 aliphatic heterocycles. The van der Waals surface area contributed by atoms with Crippen LogP contribution in [0.5, 0.6) is 0 Å². The van der Waals surface area contributed by atoms with Crippen LogP contribution >= 0.6 is 11.6 Å². The van der Waals surface area contributed by atoms with Gasteiger partial charge in [-0.2, -0.15) is 0 Å². The normalized spacial score (nSPS) is 10.7. The topological polar surface area (TPSA) is 59.8 Å². The summed E-state index contributed by atoms with van der Waals surface area (Å²) < 4.78 is 1.80. The van der Waals surface area contributed by atoms with E-state index in [4.69, 9.17) is 11.6 Å². The smallest absolute Gasteiger partial charge is 0.239 e. The number of alkyl halides is 1. The number of nitrogens with zero attached hydrogens (tertiary/aromatic N) is 3. The van der Waals surface area contributed by atoms with E-state index >= 15 is 0 Å². The van der Waals surface area contributed by atoms with Gasteiger partial charge in [0, 0.05) is 25.5 Å². The van der Waals surface area contributed by atoms with Crippen molar-refractivity contribution in [2.75, 3.05) is 12.9 Å². The van der Waals surface area contributed by atoms with Crippen LogP contribution in [-0.2, 0) is 17.8 Å². The van der Waals surface area contributed by atoms with Gasteiger partial charge in [0.2, 0.25) is 5.91 Å². The average Bonchev–Trinajstić information content (AvgIpc) is 2.68. The molecule has 0 bridgehead atoms. The lowest BCUT2D eigenvalue weighted by Gasteiger charge is -2.06. The predicted octanol–water partition coefficient (Wildman–Crippen LogP) is 0.959. The van der Waals surface area contributed by atoms with Gasteiger partial charge >= 0.3 is 0 Å². The molecule has 90 valence electrons. The molecule has 2 aromatic rings. The van der Waals surface area contributed by atoms with Crippen LogP contribution in [-0.4, -0.2) is 33.4 Å². The summed E-state index contributed by atoms with van der Waals surface area (Å²) in [4.78, 5) is 20.1. The lowest BCUT2D eigenvalue weighted by atomic mass is 10.4. The molecule has 2 heterocycles. The van der Waals surface area contributed by atoms with E-state index in [9.17, 15) is 4.79 Å². The van der Waals surface area contributed by atoms with E-state index < -0.39 is 0 Å². The van der Waals surface area contributed by atoms with Gasteiger partial charge in [0.15, 0.2) is 5.65 Å². The van der Waals surface area contributed by atoms with E-state index in [0.29, 0.717) is 12.3 Å². The van der Waals surface area contributed by atoms with Crippen molar-refractivity contribution in [3.05, 3.63) is 24.2 Å². The zero-order chi connectivity index (χ0) is 12.3. The average molecular weight is 253 g/mol. The highest BCUT2D eigenvalue weighted by atomic mass is 35.5. The first-order valence-corrected chi connectivity index (χ1v) is 5.86. The molecule has 17 heavy (non-hydrogen) atoms. The zero-order valence-corrected chi connectivity index (χ0v) is 10.2. The number of halogens is 1. The van der Waals surface area contributed by atoms with Gasteiger partial charge in [-0.1, -0.05) is 0 Å². The highest BCUT2D eigenvalue weighted by molar-refractivity contribution is 6.17. The fourth-order valence-electron chi connectivity index (χ4n) is 1.67. The fraction of sp³-hybridized carbons (Fsp3) is 0.364. The number of amides is 1. The summed E-state index contributed by atoms with van der Waals surface area (Å²) in [5, 5.41) is 2.59. The maximum Gasteiger partial charge on any atom is 0.239 e. The summed E-state index contributed by atoms with van der Waals surface area (Å²) in [6.07, 6.45) is 2.31. The molecular weight excluding hydrogens is 240 g/mol. The van der Waals surface area contributed by atoms with E-state index in [1.54, 1.807) is 17.8 Å². The second kappa shape index (κ2) is 5.14. The Morgan fingerprint density at radius 1 is 1.59 bits per heavy atom. The number of hydrogen-bond donors (Lipinski definition) is 1. The Balaban J connectivity index is 2.47. The molecule has 0 aliphatic rings. The summed E-state index contributed by atoms with van der Waals surface area (Å²) in [5.74, 6) is 1.18. The first-order chi connectivity index (χ1) is 8.26. The van der Waals surface area contributed by atoms with Crippen molar-refractivity contribution in [1.29, 1.82) is 0 Å². The molecule has 0 aliphatic carbocycles. The van der Waals surface area contributed by atoms with E-state index in [0.717, 1.165) is 17.0 Å². The number of carbonyl (C=O) groups is 1. The Morgan fingerprint density at radius 3 is 3.12 bits per heavy atom. The number of imidazole rings is 1. The van der Waals surface area contributed by atoms with Gasteiger partial charge in [0.1, 0.15) is 17.9 Å². The predicted molar refractivity (Wildman–Crippen MR) is 66.0 cm³/mol. The quantitative estimate of drug-likeness (QED) is 0.825. The lowest BCUT2D eigenvalue weighted by molar-refractivity contribution is -0.121. The number of rotatable bonds is 4. The van der Waals surface area contributed by atoms with Crippen molar-refractivity contribution in [3.8, 4) is 0 Å². The van der Waals surface area contributed by atoms with Crippen molar-refractivity contribution in [2.24, 2.45) is 0 Å². The number of carbonyl (C=O) groups excluding carboxylic acids is 1. The molecule has 1 amide bonds. The molecule has 5 nitrogen and oxygen atoms in total. The molecule has 0 radical (unpaired) electrons. The van der Waals surface area contributed by atoms with Crippen LogP contribution in [0.2, 0.25) is 0 Å². The maximum absolute atomic E-state index is 11.5. The van der Waals surface area contributed by atoms with Crippen LogP contribution in [0.4, 0.5) is 0 Å². The van der Waals surface area contributed by atoms with Crippen LogP contribution in [0, 0.1) is 0 Å². The van der Waals surface area contributed by atoms with Gasteiger partial charge in [-0.25, -0.2) is 9.97 Å². The number of hydrogen-bond acceptors (Lipinski definition) is 3. The van der Waals surface area contributed by atoms with Crippen molar-refractivity contribution < 1.29 is 4.79 Å². The molecule has 0 spiro atoms. The molecule has 0 fully saturated rings. The Morgan fingerprint density at radius 2 is 2.41 bits per heavy atom. The van der Waals surface area contributed by atoms with Crippen LogP contribution < -0.4 is 5.32 Å². The molecule has 2 rings (SSSR count). The number of aromatic nitrogens is 3. The number of fused-ring (bicyclic) bond motifs is 1. The lowest BCUT2D eigenvalue weighted by Crippen LogP contribution is -2.24. The summed E-state index contributed by atoms with van der Waals surface area (Å²) in [6, 6.07) is 3.70. The third kappa shape index (κ3) is 2.39.